The van der Waals surface area contributed by atoms with Crippen molar-refractivity contribution in [3.63, 3.8) is 0 Å². The molecule has 2 N–H and O–H groups in total. The molecule has 0 saturated heterocycles. The van der Waals surface area contributed by atoms with Gasteiger partial charge in [-0.25, -0.2) is 14.2 Å². The maximum Gasteiger partial charge on any atom is 0.322 e. The summed E-state index contributed by atoms with van der Waals surface area (Å²) in [6.07, 6.45) is 0. The van der Waals surface area contributed by atoms with E-state index in [9.17, 15) is 14.0 Å². The van der Waals surface area contributed by atoms with Crippen LogP contribution >= 0.6 is 34.5 Å². The smallest absolute Gasteiger partial charge is 0.322 e. The van der Waals surface area contributed by atoms with Crippen LogP contribution in [0.4, 0.5) is 20.6 Å². The number of urea groups is 1. The van der Waals surface area contributed by atoms with Crippen LogP contribution in [0.15, 0.2) is 47.8 Å². The summed E-state index contributed by atoms with van der Waals surface area (Å²) < 4.78 is 18.1. The third-order valence-corrected chi connectivity index (χ3v) is 5.81. The van der Waals surface area contributed by atoms with Crippen LogP contribution in [0, 0.1) is 5.82 Å². The molecule has 0 aliphatic carbocycles. The van der Waals surface area contributed by atoms with Crippen LogP contribution < -0.4 is 10.6 Å². The Kier molecular flexibility index (Phi) is 8.40. The van der Waals surface area contributed by atoms with E-state index in [0.29, 0.717) is 39.6 Å². The molecule has 32 heavy (non-hydrogen) atoms. The number of anilines is 2. The normalized spacial score (nSPS) is 10.6. The van der Waals surface area contributed by atoms with Crippen molar-refractivity contribution >= 4 is 57.9 Å². The summed E-state index contributed by atoms with van der Waals surface area (Å²) in [5, 5.41) is 8.28. The number of nitrogens with zero attached hydrogens (tertiary/aromatic N) is 2. The SMILES string of the molecule is COCCN(Cc1nc(C(=O)Nc2ccc(F)cc2)cs1)C(=O)Nc1ccc(Cl)c(Cl)c1. The Hall–Kier alpha value is -2.72. The van der Waals surface area contributed by atoms with E-state index in [4.69, 9.17) is 27.9 Å². The number of carbonyl (C=O) groups is 2. The number of carbonyl (C=O) groups excluding carboxylic acids is 2. The van der Waals surface area contributed by atoms with Crippen LogP contribution in [0.1, 0.15) is 15.5 Å². The van der Waals surface area contributed by atoms with E-state index in [1.807, 2.05) is 0 Å². The lowest BCUT2D eigenvalue weighted by molar-refractivity contribution is 0.102. The largest absolute Gasteiger partial charge is 0.383 e. The zero-order valence-corrected chi connectivity index (χ0v) is 19.2. The molecule has 0 radical (unpaired) electrons. The van der Waals surface area contributed by atoms with Crippen molar-refractivity contribution in [1.82, 2.24) is 9.88 Å². The highest BCUT2D eigenvalue weighted by atomic mass is 35.5. The summed E-state index contributed by atoms with van der Waals surface area (Å²) in [6.45, 7) is 0.795. The van der Waals surface area contributed by atoms with Crippen LogP contribution in [-0.2, 0) is 11.3 Å². The Bertz CT molecular complexity index is 1090. The number of halogens is 3. The molecule has 168 valence electrons. The highest BCUT2D eigenvalue weighted by molar-refractivity contribution is 7.09. The highest BCUT2D eigenvalue weighted by Crippen LogP contribution is 2.25. The maximum atomic E-state index is 13.0. The molecule has 3 aromatic rings. The van der Waals surface area contributed by atoms with E-state index in [1.54, 1.807) is 23.6 Å². The number of rotatable bonds is 8. The predicted octanol–water partition coefficient (Wildman–Crippen LogP) is 5.52. The number of benzene rings is 2. The van der Waals surface area contributed by atoms with Gasteiger partial charge in [-0.2, -0.15) is 0 Å². The number of ether oxygens (including phenoxy) is 1. The van der Waals surface area contributed by atoms with Crippen molar-refractivity contribution in [3.8, 4) is 0 Å². The summed E-state index contributed by atoms with van der Waals surface area (Å²) in [6, 6.07) is 9.82. The van der Waals surface area contributed by atoms with E-state index in [2.05, 4.69) is 15.6 Å². The molecule has 3 rings (SSSR count). The zero-order chi connectivity index (χ0) is 23.1. The van der Waals surface area contributed by atoms with Crippen LogP contribution in [0.25, 0.3) is 0 Å². The van der Waals surface area contributed by atoms with Gasteiger partial charge in [0.05, 0.1) is 23.2 Å². The Morgan fingerprint density at radius 3 is 2.50 bits per heavy atom. The van der Waals surface area contributed by atoms with Crippen LogP contribution in [0.3, 0.4) is 0 Å². The van der Waals surface area contributed by atoms with Crippen molar-refractivity contribution in [1.29, 1.82) is 0 Å². The van der Waals surface area contributed by atoms with E-state index < -0.39 is 11.7 Å². The van der Waals surface area contributed by atoms with Gasteiger partial charge in [-0.15, -0.1) is 11.3 Å². The van der Waals surface area contributed by atoms with Crippen LogP contribution in [0.5, 0.6) is 0 Å². The van der Waals surface area contributed by atoms with E-state index in [1.165, 1.54) is 47.6 Å². The first-order valence-electron chi connectivity index (χ1n) is 9.37. The lowest BCUT2D eigenvalue weighted by Gasteiger charge is -2.22. The summed E-state index contributed by atoms with van der Waals surface area (Å²) in [7, 11) is 1.54. The summed E-state index contributed by atoms with van der Waals surface area (Å²) >= 11 is 13.2. The van der Waals surface area contributed by atoms with Gasteiger partial charge in [0.25, 0.3) is 5.91 Å². The van der Waals surface area contributed by atoms with Gasteiger partial charge in [-0.3, -0.25) is 4.79 Å². The third kappa shape index (κ3) is 6.64. The van der Waals surface area contributed by atoms with Crippen molar-refractivity contribution in [2.75, 3.05) is 30.9 Å². The van der Waals surface area contributed by atoms with Crippen LogP contribution in [-0.4, -0.2) is 42.1 Å². The quantitative estimate of drug-likeness (QED) is 0.429. The van der Waals surface area contributed by atoms with Gasteiger partial charge in [0.1, 0.15) is 16.5 Å². The molecule has 2 aromatic carbocycles. The lowest BCUT2D eigenvalue weighted by atomic mass is 10.3. The number of aromatic nitrogens is 1. The Morgan fingerprint density at radius 1 is 1.09 bits per heavy atom. The molecule has 7 nitrogen and oxygen atoms in total. The molecule has 0 aliphatic rings. The van der Waals surface area contributed by atoms with E-state index >= 15 is 0 Å². The number of hydrogen-bond acceptors (Lipinski definition) is 5. The minimum Gasteiger partial charge on any atom is -0.383 e. The molecule has 0 spiro atoms. The van der Waals surface area contributed by atoms with E-state index in [0.717, 1.165) is 0 Å². The summed E-state index contributed by atoms with van der Waals surface area (Å²) in [4.78, 5) is 31.0. The monoisotopic (exact) mass is 496 g/mol. The van der Waals surface area contributed by atoms with Gasteiger partial charge in [-0.05, 0) is 42.5 Å². The van der Waals surface area contributed by atoms with Gasteiger partial charge >= 0.3 is 6.03 Å². The average Bonchev–Trinajstić information content (AvgIpc) is 3.24. The van der Waals surface area contributed by atoms with Crippen molar-refractivity contribution in [2.45, 2.75) is 6.54 Å². The number of thiazole rings is 1. The molecule has 0 unspecified atom stereocenters. The second-order valence-electron chi connectivity index (χ2n) is 6.56. The molecule has 0 fully saturated rings. The standard InChI is InChI=1S/C21H19Cl2FN4O3S/c1-31-9-8-28(21(30)26-15-6-7-16(22)17(23)10-15)11-19-27-18(12-32-19)20(29)25-14-4-2-13(24)3-5-14/h2-7,10,12H,8-9,11H2,1H3,(H,25,29)(H,26,30). The third-order valence-electron chi connectivity index (χ3n) is 4.24. The van der Waals surface area contributed by atoms with Gasteiger partial charge in [0.2, 0.25) is 0 Å². The number of amides is 3. The molecule has 0 atom stereocenters. The van der Waals surface area contributed by atoms with Gasteiger partial charge in [-0.1, -0.05) is 23.2 Å². The first-order chi connectivity index (χ1) is 15.4. The number of hydrogen-bond donors (Lipinski definition) is 2. The fourth-order valence-electron chi connectivity index (χ4n) is 2.61. The van der Waals surface area contributed by atoms with E-state index in [-0.39, 0.29) is 18.3 Å². The zero-order valence-electron chi connectivity index (χ0n) is 16.9. The fourth-order valence-corrected chi connectivity index (χ4v) is 3.70. The minimum absolute atomic E-state index is 0.172. The van der Waals surface area contributed by atoms with Gasteiger partial charge in [0, 0.05) is 30.4 Å². The second-order valence-corrected chi connectivity index (χ2v) is 8.32. The van der Waals surface area contributed by atoms with Crippen molar-refractivity contribution in [3.05, 3.63) is 74.4 Å². The highest BCUT2D eigenvalue weighted by Gasteiger charge is 2.18. The van der Waals surface area contributed by atoms with Gasteiger partial charge in [0.15, 0.2) is 0 Å². The van der Waals surface area contributed by atoms with Crippen LogP contribution in [0.2, 0.25) is 10.0 Å². The average molecular weight is 497 g/mol. The molecule has 0 saturated carbocycles. The molecule has 3 amide bonds. The molecule has 1 heterocycles. The molecule has 11 heteroatoms. The fraction of sp³-hybridized carbons (Fsp3) is 0.190. The lowest BCUT2D eigenvalue weighted by Crippen LogP contribution is -2.36. The molecular formula is C21H19Cl2FN4O3S. The van der Waals surface area contributed by atoms with Crippen molar-refractivity contribution < 1.29 is 18.7 Å². The summed E-state index contributed by atoms with van der Waals surface area (Å²) in [5.74, 6) is -0.822. The number of nitrogens with one attached hydrogen (secondary N) is 2. The molecule has 1 aromatic heterocycles. The van der Waals surface area contributed by atoms with Crippen molar-refractivity contribution in [2.24, 2.45) is 0 Å². The maximum absolute atomic E-state index is 13.0. The molecule has 0 bridgehead atoms. The molecular weight excluding hydrogens is 478 g/mol. The first kappa shape index (κ1) is 23.9. The van der Waals surface area contributed by atoms with Gasteiger partial charge < -0.3 is 20.3 Å². The Labute approximate surface area is 198 Å². The Morgan fingerprint density at radius 2 is 1.81 bits per heavy atom. The summed E-state index contributed by atoms with van der Waals surface area (Å²) in [5.41, 5.74) is 1.14. The molecule has 0 aliphatic heterocycles. The Balaban J connectivity index is 1.66. The number of methoxy groups -OCH3 is 1. The topological polar surface area (TPSA) is 83.6 Å². The first-order valence-corrected chi connectivity index (χ1v) is 11.0. The predicted molar refractivity (Wildman–Crippen MR) is 124 cm³/mol. The minimum atomic E-state index is -0.428. The second kappa shape index (κ2) is 11.2.